The third-order valence-corrected chi connectivity index (χ3v) is 3.70. The first kappa shape index (κ1) is 17.3. The highest BCUT2D eigenvalue weighted by atomic mass is 19.4. The van der Waals surface area contributed by atoms with Gasteiger partial charge in [-0.1, -0.05) is 12.1 Å². The molecule has 0 bridgehead atoms. The van der Waals surface area contributed by atoms with Crippen molar-refractivity contribution in [2.45, 2.75) is 31.0 Å². The lowest BCUT2D eigenvalue weighted by molar-refractivity contribution is -0.144. The Balaban J connectivity index is 2.01. The monoisotopic (exact) mass is 331 g/mol. The minimum Gasteiger partial charge on any atom is -0.479 e. The van der Waals surface area contributed by atoms with Crippen molar-refractivity contribution < 1.29 is 32.6 Å². The fourth-order valence-corrected chi connectivity index (χ4v) is 2.28. The quantitative estimate of drug-likeness (QED) is 0.867. The maximum Gasteiger partial charge on any atom is 0.389 e. The number of carboxylic acids is 1. The number of nitrogens with one attached hydrogen (secondary N) is 1. The van der Waals surface area contributed by atoms with E-state index in [0.717, 1.165) is 0 Å². The lowest BCUT2D eigenvalue weighted by Crippen LogP contribution is -2.55. The summed E-state index contributed by atoms with van der Waals surface area (Å²) in [7, 11) is 0. The van der Waals surface area contributed by atoms with Gasteiger partial charge in [-0.2, -0.15) is 13.2 Å². The molecule has 126 valence electrons. The van der Waals surface area contributed by atoms with Crippen molar-refractivity contribution in [3.8, 4) is 0 Å². The molecule has 0 aromatic heterocycles. The van der Waals surface area contributed by atoms with Gasteiger partial charge in [0.2, 0.25) is 0 Å². The molecule has 1 aliphatic heterocycles. The van der Waals surface area contributed by atoms with Crippen LogP contribution in [0, 0.1) is 0 Å². The van der Waals surface area contributed by atoms with Crippen LogP contribution < -0.4 is 5.32 Å². The second kappa shape index (κ2) is 6.57. The summed E-state index contributed by atoms with van der Waals surface area (Å²) < 4.78 is 41.5. The lowest BCUT2D eigenvalue weighted by atomic mass is 9.98. The van der Waals surface area contributed by atoms with Crippen LogP contribution in [0.4, 0.5) is 13.2 Å². The molecule has 1 aromatic carbocycles. The van der Waals surface area contributed by atoms with Gasteiger partial charge in [-0.15, -0.1) is 0 Å². The highest BCUT2D eigenvalue weighted by molar-refractivity contribution is 5.98. The standard InChI is InChI=1S/C15H16F3NO4/c16-15(17,18)6-5-10-1-3-11(4-2-10)12(20)19-14(13(21)22)7-8-23-9-14/h1-4H,5-9H2,(H,19,20)(H,21,22). The van der Waals surface area contributed by atoms with E-state index in [1.165, 1.54) is 24.3 Å². The van der Waals surface area contributed by atoms with Gasteiger partial charge in [0, 0.05) is 25.0 Å². The van der Waals surface area contributed by atoms with Crippen LogP contribution in [-0.4, -0.2) is 41.9 Å². The third kappa shape index (κ3) is 4.44. The number of hydrogen-bond acceptors (Lipinski definition) is 3. The Kier molecular flexibility index (Phi) is 4.93. The van der Waals surface area contributed by atoms with Gasteiger partial charge in [-0.3, -0.25) is 4.79 Å². The number of carbonyl (C=O) groups excluding carboxylic acids is 1. The Morgan fingerprint density at radius 1 is 1.26 bits per heavy atom. The van der Waals surface area contributed by atoms with Gasteiger partial charge in [0.05, 0.1) is 6.61 Å². The van der Waals surface area contributed by atoms with E-state index in [1.807, 2.05) is 0 Å². The first-order valence-electron chi connectivity index (χ1n) is 7.01. The smallest absolute Gasteiger partial charge is 0.389 e. The van der Waals surface area contributed by atoms with Gasteiger partial charge in [0.25, 0.3) is 5.91 Å². The zero-order valence-corrected chi connectivity index (χ0v) is 12.2. The first-order chi connectivity index (χ1) is 10.7. The summed E-state index contributed by atoms with van der Waals surface area (Å²) in [4.78, 5) is 23.5. The van der Waals surface area contributed by atoms with Crippen LogP contribution in [0.2, 0.25) is 0 Å². The zero-order chi connectivity index (χ0) is 17.1. The van der Waals surface area contributed by atoms with Crippen LogP contribution in [0.1, 0.15) is 28.8 Å². The number of benzene rings is 1. The summed E-state index contributed by atoms with van der Waals surface area (Å²) in [6.45, 7) is 0.126. The second-order valence-electron chi connectivity index (χ2n) is 5.46. The normalized spacial score (nSPS) is 21.2. The van der Waals surface area contributed by atoms with Gasteiger partial charge in [-0.05, 0) is 24.1 Å². The molecule has 5 nitrogen and oxygen atoms in total. The number of carboxylic acid groups (broad SMARTS) is 1. The fourth-order valence-electron chi connectivity index (χ4n) is 2.28. The summed E-state index contributed by atoms with van der Waals surface area (Å²) in [5.41, 5.74) is -0.809. The molecule has 0 aliphatic carbocycles. The summed E-state index contributed by atoms with van der Waals surface area (Å²) in [5.74, 6) is -1.77. The van der Waals surface area contributed by atoms with Crippen molar-refractivity contribution in [2.24, 2.45) is 0 Å². The molecule has 1 atom stereocenters. The number of halogens is 3. The number of hydrogen-bond donors (Lipinski definition) is 2. The summed E-state index contributed by atoms with van der Waals surface area (Å²) in [5, 5.41) is 11.7. The van der Waals surface area contributed by atoms with Crippen LogP contribution in [0.3, 0.4) is 0 Å². The van der Waals surface area contributed by atoms with Gasteiger partial charge >= 0.3 is 12.1 Å². The van der Waals surface area contributed by atoms with E-state index in [2.05, 4.69) is 5.32 Å². The van der Waals surface area contributed by atoms with Crippen molar-refractivity contribution in [1.82, 2.24) is 5.32 Å². The van der Waals surface area contributed by atoms with Crippen LogP contribution >= 0.6 is 0 Å². The third-order valence-electron chi connectivity index (χ3n) is 3.70. The molecule has 0 saturated carbocycles. The molecule has 1 heterocycles. The molecule has 1 saturated heterocycles. The van der Waals surface area contributed by atoms with Crippen molar-refractivity contribution in [2.75, 3.05) is 13.2 Å². The predicted molar refractivity (Wildman–Crippen MR) is 74.1 cm³/mol. The molecule has 8 heteroatoms. The van der Waals surface area contributed by atoms with Gasteiger partial charge < -0.3 is 15.2 Å². The van der Waals surface area contributed by atoms with Crippen LogP contribution in [0.15, 0.2) is 24.3 Å². The van der Waals surface area contributed by atoms with Gasteiger partial charge in [0.15, 0.2) is 5.54 Å². The van der Waals surface area contributed by atoms with Crippen molar-refractivity contribution in [1.29, 1.82) is 0 Å². The predicted octanol–water partition coefficient (Wildman–Crippen LogP) is 2.16. The zero-order valence-electron chi connectivity index (χ0n) is 12.2. The number of alkyl halides is 3. The molecule has 2 rings (SSSR count). The molecule has 1 unspecified atom stereocenters. The average molecular weight is 331 g/mol. The van der Waals surface area contributed by atoms with Crippen molar-refractivity contribution >= 4 is 11.9 Å². The molecule has 0 radical (unpaired) electrons. The molecular formula is C15H16F3NO4. The van der Waals surface area contributed by atoms with Crippen LogP contribution in [0.25, 0.3) is 0 Å². The van der Waals surface area contributed by atoms with Crippen LogP contribution in [-0.2, 0) is 16.0 Å². The Morgan fingerprint density at radius 2 is 1.91 bits per heavy atom. The Labute approximate surface area is 130 Å². The summed E-state index contributed by atoms with van der Waals surface area (Å²) in [6.07, 6.45) is -5.17. The lowest BCUT2D eigenvalue weighted by Gasteiger charge is -2.23. The molecule has 0 spiro atoms. The molecule has 1 amide bonds. The SMILES string of the molecule is O=C(NC1(C(=O)O)CCOC1)c1ccc(CCC(F)(F)F)cc1. The molecular weight excluding hydrogens is 315 g/mol. The fraction of sp³-hybridized carbons (Fsp3) is 0.467. The maximum absolute atomic E-state index is 12.2. The minimum atomic E-state index is -4.23. The number of aliphatic carboxylic acids is 1. The molecule has 1 fully saturated rings. The minimum absolute atomic E-state index is 0.113. The number of ether oxygens (including phenoxy) is 1. The molecule has 2 N–H and O–H groups in total. The summed E-state index contributed by atoms with van der Waals surface area (Å²) >= 11 is 0. The number of amides is 1. The second-order valence-corrected chi connectivity index (χ2v) is 5.46. The van der Waals surface area contributed by atoms with E-state index < -0.39 is 30.0 Å². The number of rotatable bonds is 5. The molecule has 23 heavy (non-hydrogen) atoms. The molecule has 1 aliphatic rings. The highest BCUT2D eigenvalue weighted by Gasteiger charge is 2.44. The van der Waals surface area contributed by atoms with E-state index >= 15 is 0 Å². The van der Waals surface area contributed by atoms with Crippen molar-refractivity contribution in [3.05, 3.63) is 35.4 Å². The number of aryl methyl sites for hydroxylation is 1. The average Bonchev–Trinajstić information content (AvgIpc) is 2.95. The maximum atomic E-state index is 12.2. The van der Waals surface area contributed by atoms with Gasteiger partial charge in [0.1, 0.15) is 0 Å². The molecule has 1 aromatic rings. The van der Waals surface area contributed by atoms with E-state index in [-0.39, 0.29) is 31.6 Å². The first-order valence-corrected chi connectivity index (χ1v) is 7.01. The topological polar surface area (TPSA) is 75.6 Å². The van der Waals surface area contributed by atoms with E-state index in [1.54, 1.807) is 0 Å². The van der Waals surface area contributed by atoms with E-state index in [4.69, 9.17) is 4.74 Å². The largest absolute Gasteiger partial charge is 0.479 e. The summed E-state index contributed by atoms with van der Waals surface area (Å²) in [6, 6.07) is 5.62. The Morgan fingerprint density at radius 3 is 2.39 bits per heavy atom. The Bertz CT molecular complexity index is 577. The highest BCUT2D eigenvalue weighted by Crippen LogP contribution is 2.23. The van der Waals surface area contributed by atoms with Gasteiger partial charge in [-0.25, -0.2) is 4.79 Å². The van der Waals surface area contributed by atoms with Crippen LogP contribution in [0.5, 0.6) is 0 Å². The van der Waals surface area contributed by atoms with Crippen molar-refractivity contribution in [3.63, 3.8) is 0 Å². The number of carbonyl (C=O) groups is 2. The van der Waals surface area contributed by atoms with E-state index in [9.17, 15) is 27.9 Å². The Hall–Kier alpha value is -2.09. The van der Waals surface area contributed by atoms with E-state index in [0.29, 0.717) is 5.56 Å².